The highest BCUT2D eigenvalue weighted by molar-refractivity contribution is 6.19. The van der Waals surface area contributed by atoms with E-state index in [-0.39, 0.29) is 5.88 Å². The van der Waals surface area contributed by atoms with Crippen LogP contribution in [-0.2, 0) is 28.6 Å². The lowest BCUT2D eigenvalue weighted by molar-refractivity contribution is -0.205. The van der Waals surface area contributed by atoms with E-state index in [0.29, 0.717) is 24.8 Å². The van der Waals surface area contributed by atoms with E-state index >= 15 is 0 Å². The standard InChI is InChI=1S/C24H33ClO8/c1-12-6-8-17(31-14(3)26)23(5)18(32-15(4)27)9-7-16(11-25)10-19-24(30,21(28)20(12)23)13(2)22(29)33-19/h6,10,13,17-21,28,30H,7-9,11H2,1-5H3/b16-10+/t13-,17-,18-,19-,20+,21+,23+,24-/m0/s1. The molecule has 1 aliphatic heterocycles. The second-order valence-corrected chi connectivity index (χ2v) is 9.90. The van der Waals surface area contributed by atoms with Crippen molar-refractivity contribution in [2.75, 3.05) is 5.88 Å². The molecule has 2 aliphatic carbocycles. The average Bonchev–Trinajstić information content (AvgIpc) is 2.95. The zero-order valence-corrected chi connectivity index (χ0v) is 20.4. The van der Waals surface area contributed by atoms with Crippen LogP contribution in [0.5, 0.6) is 0 Å². The third-order valence-electron chi connectivity index (χ3n) is 7.64. The minimum absolute atomic E-state index is 0.105. The molecule has 8 nitrogen and oxygen atoms in total. The summed E-state index contributed by atoms with van der Waals surface area (Å²) in [6.45, 7) is 7.72. The Morgan fingerprint density at radius 1 is 1.24 bits per heavy atom. The molecule has 0 bridgehead atoms. The zero-order chi connectivity index (χ0) is 24.7. The van der Waals surface area contributed by atoms with Crippen molar-refractivity contribution in [3.8, 4) is 0 Å². The summed E-state index contributed by atoms with van der Waals surface area (Å²) in [7, 11) is 0. The van der Waals surface area contributed by atoms with Crippen LogP contribution in [0.3, 0.4) is 0 Å². The molecule has 9 heteroatoms. The number of hydrogen-bond acceptors (Lipinski definition) is 8. The fraction of sp³-hybridized carbons (Fsp3) is 0.708. The smallest absolute Gasteiger partial charge is 0.312 e. The molecule has 0 radical (unpaired) electrons. The number of hydrogen-bond donors (Lipinski definition) is 2. The Hall–Kier alpha value is -1.90. The molecular weight excluding hydrogens is 452 g/mol. The number of esters is 3. The largest absolute Gasteiger partial charge is 0.462 e. The van der Waals surface area contributed by atoms with Crippen molar-refractivity contribution in [3.05, 3.63) is 23.3 Å². The van der Waals surface area contributed by atoms with Gasteiger partial charge in [-0.05, 0) is 32.8 Å². The highest BCUT2D eigenvalue weighted by atomic mass is 35.5. The number of aliphatic hydroxyl groups is 2. The van der Waals surface area contributed by atoms with E-state index in [1.54, 1.807) is 13.0 Å². The van der Waals surface area contributed by atoms with Gasteiger partial charge in [0.1, 0.15) is 17.8 Å². The summed E-state index contributed by atoms with van der Waals surface area (Å²) in [5.41, 5.74) is -1.64. The van der Waals surface area contributed by atoms with E-state index in [1.165, 1.54) is 20.8 Å². The van der Waals surface area contributed by atoms with Gasteiger partial charge in [0.2, 0.25) is 0 Å². The van der Waals surface area contributed by atoms with Crippen LogP contribution in [0, 0.1) is 17.3 Å². The summed E-state index contributed by atoms with van der Waals surface area (Å²) in [5.74, 6) is -3.36. The maximum Gasteiger partial charge on any atom is 0.312 e. The lowest BCUT2D eigenvalue weighted by atomic mass is 9.56. The summed E-state index contributed by atoms with van der Waals surface area (Å²) in [4.78, 5) is 36.6. The molecule has 2 N–H and O–H groups in total. The lowest BCUT2D eigenvalue weighted by Crippen LogP contribution is -2.64. The molecule has 1 fully saturated rings. The summed E-state index contributed by atoms with van der Waals surface area (Å²) in [6.07, 6.45) is 0.451. The van der Waals surface area contributed by atoms with Crippen LogP contribution in [0.2, 0.25) is 0 Å². The molecule has 0 saturated carbocycles. The van der Waals surface area contributed by atoms with Gasteiger partial charge in [0.15, 0.2) is 6.10 Å². The molecule has 8 atom stereocenters. The molecule has 33 heavy (non-hydrogen) atoms. The summed E-state index contributed by atoms with van der Waals surface area (Å²) in [5, 5.41) is 23.6. The molecule has 1 saturated heterocycles. The van der Waals surface area contributed by atoms with E-state index in [1.807, 2.05) is 13.0 Å². The van der Waals surface area contributed by atoms with Gasteiger partial charge in [0.25, 0.3) is 0 Å². The topological polar surface area (TPSA) is 119 Å². The number of alkyl halides is 1. The van der Waals surface area contributed by atoms with Crippen molar-refractivity contribution >= 4 is 29.5 Å². The van der Waals surface area contributed by atoms with Crippen LogP contribution in [-0.4, -0.2) is 64.0 Å². The monoisotopic (exact) mass is 484 g/mol. The molecule has 0 spiro atoms. The predicted molar refractivity (Wildman–Crippen MR) is 119 cm³/mol. The van der Waals surface area contributed by atoms with Crippen molar-refractivity contribution in [1.29, 1.82) is 0 Å². The third kappa shape index (κ3) is 4.33. The van der Waals surface area contributed by atoms with Crippen LogP contribution in [0.4, 0.5) is 0 Å². The Kier molecular flexibility index (Phi) is 7.32. The van der Waals surface area contributed by atoms with Gasteiger partial charge >= 0.3 is 17.9 Å². The van der Waals surface area contributed by atoms with Gasteiger partial charge in [-0.25, -0.2) is 0 Å². The van der Waals surface area contributed by atoms with E-state index in [2.05, 4.69) is 0 Å². The number of carbonyl (C=O) groups is 3. The Bertz CT molecular complexity index is 882. The quantitative estimate of drug-likeness (QED) is 0.271. The Morgan fingerprint density at radius 3 is 2.42 bits per heavy atom. The molecule has 0 amide bonds. The van der Waals surface area contributed by atoms with E-state index < -0.39 is 65.2 Å². The van der Waals surface area contributed by atoms with Crippen molar-refractivity contribution in [2.45, 2.75) is 83.9 Å². The van der Waals surface area contributed by atoms with E-state index in [4.69, 9.17) is 25.8 Å². The molecule has 0 aromatic rings. The van der Waals surface area contributed by atoms with Gasteiger partial charge in [-0.1, -0.05) is 24.1 Å². The zero-order valence-electron chi connectivity index (χ0n) is 19.7. The Labute approximate surface area is 198 Å². The molecule has 0 aromatic heterocycles. The number of fused-ring (bicyclic) bond motifs is 2. The highest BCUT2D eigenvalue weighted by Gasteiger charge is 2.65. The minimum Gasteiger partial charge on any atom is -0.462 e. The SMILES string of the molecule is CC(=O)O[C@H]1CC=C(C)[C@@H]2[C@@H](O)[C@@]3(O)[C@H](/C=C(/CCl)CC[C@H](OC(C)=O)[C@@]12C)OC(=O)[C@@H]3C. The van der Waals surface area contributed by atoms with Gasteiger partial charge in [0, 0.05) is 32.1 Å². The highest BCUT2D eigenvalue weighted by Crippen LogP contribution is 2.54. The minimum atomic E-state index is -1.97. The number of allylic oxidation sites excluding steroid dienone is 1. The van der Waals surface area contributed by atoms with Crippen molar-refractivity contribution in [3.63, 3.8) is 0 Å². The Balaban J connectivity index is 2.26. The number of carbonyl (C=O) groups excluding carboxylic acids is 3. The first-order valence-electron chi connectivity index (χ1n) is 11.2. The van der Waals surface area contributed by atoms with Gasteiger partial charge < -0.3 is 24.4 Å². The number of rotatable bonds is 3. The van der Waals surface area contributed by atoms with Crippen molar-refractivity contribution < 1.29 is 38.8 Å². The molecule has 1 heterocycles. The molecule has 0 unspecified atom stereocenters. The van der Waals surface area contributed by atoms with Crippen LogP contribution in [0.1, 0.15) is 53.9 Å². The van der Waals surface area contributed by atoms with Crippen LogP contribution >= 0.6 is 11.6 Å². The van der Waals surface area contributed by atoms with Gasteiger partial charge in [-0.2, -0.15) is 0 Å². The normalized spacial score (nSPS) is 42.6. The van der Waals surface area contributed by atoms with Crippen molar-refractivity contribution in [1.82, 2.24) is 0 Å². The molecule has 0 aromatic carbocycles. The van der Waals surface area contributed by atoms with Crippen LogP contribution in [0.15, 0.2) is 23.3 Å². The number of aliphatic hydroxyl groups excluding tert-OH is 1. The van der Waals surface area contributed by atoms with Gasteiger partial charge in [-0.3, -0.25) is 14.4 Å². The first-order valence-corrected chi connectivity index (χ1v) is 11.8. The summed E-state index contributed by atoms with van der Waals surface area (Å²) < 4.78 is 16.9. The molecule has 3 rings (SSSR count). The molecule has 184 valence electrons. The van der Waals surface area contributed by atoms with Crippen LogP contribution in [0.25, 0.3) is 0 Å². The fourth-order valence-electron chi connectivity index (χ4n) is 5.78. The first kappa shape index (κ1) is 25.7. The molecular formula is C24H33ClO8. The lowest BCUT2D eigenvalue weighted by Gasteiger charge is -2.54. The van der Waals surface area contributed by atoms with Crippen LogP contribution < -0.4 is 0 Å². The predicted octanol–water partition coefficient (Wildman–Crippen LogP) is 2.43. The van der Waals surface area contributed by atoms with Crippen molar-refractivity contribution in [2.24, 2.45) is 17.3 Å². The van der Waals surface area contributed by atoms with E-state index in [0.717, 1.165) is 5.57 Å². The van der Waals surface area contributed by atoms with Gasteiger partial charge in [0.05, 0.1) is 17.4 Å². The Morgan fingerprint density at radius 2 is 1.85 bits per heavy atom. The average molecular weight is 485 g/mol. The maximum absolute atomic E-state index is 12.5. The number of ether oxygens (including phenoxy) is 3. The fourth-order valence-corrected chi connectivity index (χ4v) is 6.00. The second-order valence-electron chi connectivity index (χ2n) is 9.63. The summed E-state index contributed by atoms with van der Waals surface area (Å²) >= 11 is 6.15. The van der Waals surface area contributed by atoms with Gasteiger partial charge in [-0.15, -0.1) is 11.6 Å². The second kappa shape index (κ2) is 9.39. The first-order chi connectivity index (χ1) is 15.4. The maximum atomic E-state index is 12.5. The molecule has 3 aliphatic rings. The third-order valence-corrected chi connectivity index (χ3v) is 7.98. The number of halogens is 1. The van der Waals surface area contributed by atoms with E-state index in [9.17, 15) is 24.6 Å². The summed E-state index contributed by atoms with van der Waals surface area (Å²) in [6, 6.07) is 0.